The number of thiol groups is 1. The van der Waals surface area contributed by atoms with Gasteiger partial charge < -0.3 is 4.90 Å². The minimum Gasteiger partial charge on any atom is -0.348 e. The van der Waals surface area contributed by atoms with Crippen LogP contribution in [0.2, 0.25) is 0 Å². The van der Waals surface area contributed by atoms with Crippen LogP contribution in [0.5, 0.6) is 0 Å². The van der Waals surface area contributed by atoms with Gasteiger partial charge in [0.2, 0.25) is 0 Å². The molecule has 0 aromatic carbocycles. The first-order valence-corrected chi connectivity index (χ1v) is 3.40. The summed E-state index contributed by atoms with van der Waals surface area (Å²) in [6.07, 6.45) is 0. The molecule has 3 heteroatoms. The second-order valence-corrected chi connectivity index (χ2v) is 3.79. The summed E-state index contributed by atoms with van der Waals surface area (Å²) in [4.78, 5) is 2.07. The monoisotopic (exact) mass is 147 g/mol. The molecule has 1 heterocycles. The van der Waals surface area contributed by atoms with Gasteiger partial charge in [-0.2, -0.15) is 0 Å². The predicted octanol–water partition coefficient (Wildman–Crippen LogP) is 1.30. The van der Waals surface area contributed by atoms with E-state index >= 15 is 0 Å². The molecule has 0 aliphatic carbocycles. The third-order valence-corrected chi connectivity index (χ3v) is 1.87. The van der Waals surface area contributed by atoms with Crippen molar-refractivity contribution in [3.63, 3.8) is 0 Å². The van der Waals surface area contributed by atoms with Gasteiger partial charge in [-0.1, -0.05) is 12.2 Å². The molecule has 0 aromatic heterocycles. The van der Waals surface area contributed by atoms with Gasteiger partial charge in [0.05, 0.1) is 5.54 Å². The molecule has 1 aliphatic rings. The Bertz CT molecular complexity index is 130. The van der Waals surface area contributed by atoms with E-state index in [9.17, 15) is 0 Å². The van der Waals surface area contributed by atoms with E-state index in [2.05, 4.69) is 31.4 Å². The van der Waals surface area contributed by atoms with E-state index in [1.54, 1.807) is 0 Å². The van der Waals surface area contributed by atoms with E-state index in [4.69, 9.17) is 12.2 Å². The highest BCUT2D eigenvalue weighted by molar-refractivity contribution is 8.11. The molecule has 0 bridgehead atoms. The van der Waals surface area contributed by atoms with Gasteiger partial charge >= 0.3 is 0 Å². The zero-order valence-corrected chi connectivity index (χ0v) is 6.72. The summed E-state index contributed by atoms with van der Waals surface area (Å²) < 4.78 is 0.718. The zero-order valence-electron chi connectivity index (χ0n) is 5.01. The van der Waals surface area contributed by atoms with Crippen LogP contribution in [0, 0.1) is 0 Å². The van der Waals surface area contributed by atoms with Gasteiger partial charge in [-0.25, -0.2) is 0 Å². The Morgan fingerprint density at radius 3 is 2.12 bits per heavy atom. The van der Waals surface area contributed by atoms with E-state index in [0.29, 0.717) is 5.54 Å². The molecule has 1 fully saturated rings. The van der Waals surface area contributed by atoms with Gasteiger partial charge in [0.15, 0.2) is 0 Å². The van der Waals surface area contributed by atoms with Gasteiger partial charge in [-0.15, -0.1) is 12.6 Å². The second-order valence-electron chi connectivity index (χ2n) is 2.68. The fourth-order valence-corrected chi connectivity index (χ4v) is 1.33. The first kappa shape index (κ1) is 6.36. The minimum absolute atomic E-state index is 0.304. The molecule has 0 unspecified atom stereocenters. The molecule has 0 atom stereocenters. The molecular formula is C5H9NS2. The highest BCUT2D eigenvalue weighted by Gasteiger charge is 2.43. The van der Waals surface area contributed by atoms with Gasteiger partial charge in [-0.3, -0.25) is 0 Å². The SMILES string of the molecule is CC1(C)CN1C(=S)S. The highest BCUT2D eigenvalue weighted by Crippen LogP contribution is 2.31. The van der Waals surface area contributed by atoms with Crippen LogP contribution in [-0.4, -0.2) is 21.3 Å². The van der Waals surface area contributed by atoms with Crippen LogP contribution in [0.15, 0.2) is 0 Å². The Kier molecular flexibility index (Phi) is 1.28. The first-order chi connectivity index (χ1) is 3.54. The maximum atomic E-state index is 4.82. The zero-order chi connectivity index (χ0) is 6.36. The van der Waals surface area contributed by atoms with Crippen molar-refractivity contribution >= 4 is 29.2 Å². The van der Waals surface area contributed by atoms with E-state index in [1.165, 1.54) is 0 Å². The molecule has 0 amide bonds. The van der Waals surface area contributed by atoms with Crippen molar-refractivity contribution in [1.82, 2.24) is 4.90 Å². The van der Waals surface area contributed by atoms with Gasteiger partial charge in [0.1, 0.15) is 4.32 Å². The Labute approximate surface area is 60.5 Å². The van der Waals surface area contributed by atoms with Crippen molar-refractivity contribution in [3.05, 3.63) is 0 Å². The Hall–Kier alpha value is 0.240. The highest BCUT2D eigenvalue weighted by atomic mass is 32.1. The molecular weight excluding hydrogens is 138 g/mol. The van der Waals surface area contributed by atoms with Crippen molar-refractivity contribution in [3.8, 4) is 0 Å². The number of hydrogen-bond donors (Lipinski definition) is 1. The smallest absolute Gasteiger partial charge is 0.133 e. The van der Waals surface area contributed by atoms with Gasteiger partial charge in [0, 0.05) is 6.54 Å². The van der Waals surface area contributed by atoms with E-state index in [1.807, 2.05) is 0 Å². The largest absolute Gasteiger partial charge is 0.348 e. The van der Waals surface area contributed by atoms with Crippen LogP contribution < -0.4 is 0 Å². The number of thiocarbonyl (C=S) groups is 1. The summed E-state index contributed by atoms with van der Waals surface area (Å²) in [5.74, 6) is 0. The number of nitrogens with zero attached hydrogens (tertiary/aromatic N) is 1. The predicted molar refractivity (Wildman–Crippen MR) is 42.4 cm³/mol. The molecule has 0 N–H and O–H groups in total. The number of hydrogen-bond acceptors (Lipinski definition) is 1. The summed E-state index contributed by atoms with van der Waals surface area (Å²) in [6.45, 7) is 5.36. The normalized spacial score (nSPS) is 23.1. The average molecular weight is 147 g/mol. The lowest BCUT2D eigenvalue weighted by atomic mass is 10.2. The number of rotatable bonds is 0. The van der Waals surface area contributed by atoms with Crippen LogP contribution >= 0.6 is 24.8 Å². The van der Waals surface area contributed by atoms with Crippen LogP contribution in [0.25, 0.3) is 0 Å². The third-order valence-electron chi connectivity index (χ3n) is 1.40. The van der Waals surface area contributed by atoms with E-state index in [0.717, 1.165) is 10.9 Å². The quantitative estimate of drug-likeness (QED) is 0.312. The Balaban J connectivity index is 2.48. The van der Waals surface area contributed by atoms with Crippen LogP contribution in [0.4, 0.5) is 0 Å². The maximum absolute atomic E-state index is 4.82. The van der Waals surface area contributed by atoms with Crippen LogP contribution in [0.3, 0.4) is 0 Å². The molecule has 0 saturated carbocycles. The fraction of sp³-hybridized carbons (Fsp3) is 0.800. The summed E-state index contributed by atoms with van der Waals surface area (Å²) in [7, 11) is 0. The van der Waals surface area contributed by atoms with Gasteiger partial charge in [-0.05, 0) is 13.8 Å². The molecule has 46 valence electrons. The topological polar surface area (TPSA) is 3.01 Å². The van der Waals surface area contributed by atoms with Crippen molar-refractivity contribution < 1.29 is 0 Å². The molecule has 1 rings (SSSR count). The van der Waals surface area contributed by atoms with Crippen LogP contribution in [-0.2, 0) is 0 Å². The Morgan fingerprint density at radius 2 is 2.12 bits per heavy atom. The van der Waals surface area contributed by atoms with Crippen LogP contribution in [0.1, 0.15) is 13.8 Å². The van der Waals surface area contributed by atoms with Crippen molar-refractivity contribution in [1.29, 1.82) is 0 Å². The maximum Gasteiger partial charge on any atom is 0.133 e. The fourth-order valence-electron chi connectivity index (χ4n) is 0.678. The lowest BCUT2D eigenvalue weighted by Gasteiger charge is -2.02. The summed E-state index contributed by atoms with van der Waals surface area (Å²) in [5.41, 5.74) is 0.304. The van der Waals surface area contributed by atoms with E-state index in [-0.39, 0.29) is 0 Å². The molecule has 0 spiro atoms. The van der Waals surface area contributed by atoms with Crippen molar-refractivity contribution in [2.24, 2.45) is 0 Å². The van der Waals surface area contributed by atoms with Crippen molar-refractivity contribution in [2.45, 2.75) is 19.4 Å². The Morgan fingerprint density at radius 1 is 1.75 bits per heavy atom. The molecule has 1 saturated heterocycles. The summed E-state index contributed by atoms with van der Waals surface area (Å²) in [6, 6.07) is 0. The molecule has 1 aliphatic heterocycles. The third kappa shape index (κ3) is 0.977. The minimum atomic E-state index is 0.304. The van der Waals surface area contributed by atoms with Crippen molar-refractivity contribution in [2.75, 3.05) is 6.54 Å². The summed E-state index contributed by atoms with van der Waals surface area (Å²) in [5, 5.41) is 0. The summed E-state index contributed by atoms with van der Waals surface area (Å²) >= 11 is 8.85. The van der Waals surface area contributed by atoms with Gasteiger partial charge in [0.25, 0.3) is 0 Å². The average Bonchev–Trinajstić information content (AvgIpc) is 2.13. The standard InChI is InChI=1S/C5H9NS2/c1-5(2)3-6(5)4(7)8/h3H2,1-2H3,(H,7,8). The lowest BCUT2D eigenvalue weighted by Crippen LogP contribution is -2.10. The second kappa shape index (κ2) is 1.61. The molecule has 1 nitrogen and oxygen atoms in total. The first-order valence-electron chi connectivity index (χ1n) is 2.54. The lowest BCUT2D eigenvalue weighted by molar-refractivity contribution is 0.631. The molecule has 8 heavy (non-hydrogen) atoms. The molecule has 0 aromatic rings. The molecule has 0 radical (unpaired) electrons. The van der Waals surface area contributed by atoms with E-state index < -0.39 is 0 Å².